The Morgan fingerprint density at radius 2 is 2.43 bits per heavy atom. The van der Waals surface area contributed by atoms with Gasteiger partial charge in [-0.2, -0.15) is 5.10 Å². The molecule has 0 radical (unpaired) electrons. The second-order valence-corrected chi connectivity index (χ2v) is 3.76. The summed E-state index contributed by atoms with van der Waals surface area (Å²) < 4.78 is 1.89. The predicted octanol–water partition coefficient (Wildman–Crippen LogP) is 1.52. The average molecular weight is 209 g/mol. The summed E-state index contributed by atoms with van der Waals surface area (Å²) in [6.07, 6.45) is 1.76. The molecule has 0 saturated heterocycles. The SMILES string of the molecule is CCn1nccc1-c1csc(CO)n1. The van der Waals surface area contributed by atoms with Gasteiger partial charge < -0.3 is 5.11 Å². The topological polar surface area (TPSA) is 50.9 Å². The standard InChI is InChI=1S/C9H11N3OS/c1-2-12-8(3-4-10-12)7-6-14-9(5-13)11-7/h3-4,6,13H,2,5H2,1H3. The summed E-state index contributed by atoms with van der Waals surface area (Å²) in [5.74, 6) is 0. The predicted molar refractivity (Wildman–Crippen MR) is 54.9 cm³/mol. The van der Waals surface area contributed by atoms with Crippen LogP contribution in [0.3, 0.4) is 0 Å². The zero-order valence-corrected chi connectivity index (χ0v) is 8.66. The van der Waals surface area contributed by atoms with Gasteiger partial charge in [-0.3, -0.25) is 4.68 Å². The van der Waals surface area contributed by atoms with Gasteiger partial charge >= 0.3 is 0 Å². The van der Waals surface area contributed by atoms with Crippen LogP contribution >= 0.6 is 11.3 Å². The number of hydrogen-bond donors (Lipinski definition) is 1. The third-order valence-corrected chi connectivity index (χ3v) is 2.80. The smallest absolute Gasteiger partial charge is 0.119 e. The minimum Gasteiger partial charge on any atom is -0.389 e. The van der Waals surface area contributed by atoms with Crippen LogP contribution in [0.2, 0.25) is 0 Å². The van der Waals surface area contributed by atoms with Crippen molar-refractivity contribution < 1.29 is 5.11 Å². The van der Waals surface area contributed by atoms with Gasteiger partial charge in [0.25, 0.3) is 0 Å². The van der Waals surface area contributed by atoms with Crippen molar-refractivity contribution >= 4 is 11.3 Å². The van der Waals surface area contributed by atoms with E-state index < -0.39 is 0 Å². The molecule has 2 aromatic rings. The van der Waals surface area contributed by atoms with Gasteiger partial charge in [-0.25, -0.2) is 4.98 Å². The summed E-state index contributed by atoms with van der Waals surface area (Å²) in [4.78, 5) is 4.29. The van der Waals surface area contributed by atoms with Crippen molar-refractivity contribution in [2.24, 2.45) is 0 Å². The van der Waals surface area contributed by atoms with E-state index in [0.717, 1.165) is 22.9 Å². The van der Waals surface area contributed by atoms with Crippen molar-refractivity contribution in [1.82, 2.24) is 14.8 Å². The molecule has 4 nitrogen and oxygen atoms in total. The highest BCUT2D eigenvalue weighted by Crippen LogP contribution is 2.21. The minimum atomic E-state index is 0.00489. The van der Waals surface area contributed by atoms with Gasteiger partial charge in [0.05, 0.1) is 18.0 Å². The maximum absolute atomic E-state index is 8.90. The Bertz CT molecular complexity index is 421. The fourth-order valence-corrected chi connectivity index (χ4v) is 1.95. The number of aliphatic hydroxyl groups excluding tert-OH is 1. The molecule has 0 spiro atoms. The van der Waals surface area contributed by atoms with Gasteiger partial charge in [0, 0.05) is 18.1 Å². The van der Waals surface area contributed by atoms with Crippen molar-refractivity contribution in [2.45, 2.75) is 20.1 Å². The van der Waals surface area contributed by atoms with Crippen LogP contribution in [-0.4, -0.2) is 19.9 Å². The molecule has 74 valence electrons. The van der Waals surface area contributed by atoms with E-state index in [0.29, 0.717) is 0 Å². The Kier molecular flexibility index (Phi) is 2.60. The van der Waals surface area contributed by atoms with Crippen LogP contribution in [0.4, 0.5) is 0 Å². The molecular weight excluding hydrogens is 198 g/mol. The molecule has 0 atom stereocenters. The van der Waals surface area contributed by atoms with E-state index in [-0.39, 0.29) is 6.61 Å². The lowest BCUT2D eigenvalue weighted by Crippen LogP contribution is -1.98. The van der Waals surface area contributed by atoms with Gasteiger partial charge in [-0.1, -0.05) is 0 Å². The number of rotatable bonds is 3. The van der Waals surface area contributed by atoms with Crippen molar-refractivity contribution in [1.29, 1.82) is 0 Å². The summed E-state index contributed by atoms with van der Waals surface area (Å²) in [6.45, 7) is 2.87. The molecule has 2 rings (SSSR count). The normalized spacial score (nSPS) is 10.7. The van der Waals surface area contributed by atoms with Gasteiger partial charge in [0.2, 0.25) is 0 Å². The van der Waals surface area contributed by atoms with Crippen LogP contribution in [0.1, 0.15) is 11.9 Å². The second kappa shape index (κ2) is 3.89. The fourth-order valence-electron chi connectivity index (χ4n) is 1.30. The van der Waals surface area contributed by atoms with E-state index in [1.54, 1.807) is 6.20 Å². The number of aromatic nitrogens is 3. The molecule has 0 saturated carbocycles. The van der Waals surface area contributed by atoms with Crippen LogP contribution < -0.4 is 0 Å². The molecule has 2 heterocycles. The molecular formula is C9H11N3OS. The van der Waals surface area contributed by atoms with Crippen LogP contribution in [-0.2, 0) is 13.2 Å². The van der Waals surface area contributed by atoms with E-state index in [4.69, 9.17) is 5.11 Å². The van der Waals surface area contributed by atoms with Gasteiger partial charge in [0.1, 0.15) is 5.01 Å². The van der Waals surface area contributed by atoms with Crippen molar-refractivity contribution in [3.05, 3.63) is 22.7 Å². The highest BCUT2D eigenvalue weighted by atomic mass is 32.1. The van der Waals surface area contributed by atoms with E-state index >= 15 is 0 Å². The first kappa shape index (κ1) is 9.36. The van der Waals surface area contributed by atoms with E-state index in [2.05, 4.69) is 10.1 Å². The van der Waals surface area contributed by atoms with Gasteiger partial charge in [0.15, 0.2) is 0 Å². The number of hydrogen-bond acceptors (Lipinski definition) is 4. The van der Waals surface area contributed by atoms with E-state index in [1.165, 1.54) is 11.3 Å². The molecule has 0 bridgehead atoms. The lowest BCUT2D eigenvalue weighted by Gasteiger charge is -2.00. The highest BCUT2D eigenvalue weighted by molar-refractivity contribution is 7.09. The fraction of sp³-hybridized carbons (Fsp3) is 0.333. The summed E-state index contributed by atoms with van der Waals surface area (Å²) in [5.41, 5.74) is 1.89. The Hall–Kier alpha value is -1.20. The first-order valence-electron chi connectivity index (χ1n) is 4.42. The van der Waals surface area contributed by atoms with Crippen LogP contribution in [0.25, 0.3) is 11.4 Å². The Balaban J connectivity index is 2.38. The zero-order chi connectivity index (χ0) is 9.97. The number of aryl methyl sites for hydroxylation is 1. The molecule has 2 aromatic heterocycles. The average Bonchev–Trinajstić information content (AvgIpc) is 2.85. The van der Waals surface area contributed by atoms with Gasteiger partial charge in [-0.15, -0.1) is 11.3 Å². The molecule has 0 fully saturated rings. The monoisotopic (exact) mass is 209 g/mol. The van der Waals surface area contributed by atoms with E-state index in [1.807, 2.05) is 23.1 Å². The molecule has 0 unspecified atom stereocenters. The van der Waals surface area contributed by atoms with Crippen LogP contribution in [0.15, 0.2) is 17.6 Å². The first-order chi connectivity index (χ1) is 6.85. The summed E-state index contributed by atoms with van der Waals surface area (Å²) in [6, 6.07) is 1.93. The quantitative estimate of drug-likeness (QED) is 0.833. The first-order valence-corrected chi connectivity index (χ1v) is 5.30. The zero-order valence-electron chi connectivity index (χ0n) is 7.84. The van der Waals surface area contributed by atoms with Crippen LogP contribution in [0.5, 0.6) is 0 Å². The molecule has 5 heteroatoms. The Morgan fingerprint density at radius 3 is 3.07 bits per heavy atom. The minimum absolute atomic E-state index is 0.00489. The van der Waals surface area contributed by atoms with Gasteiger partial charge in [-0.05, 0) is 13.0 Å². The van der Waals surface area contributed by atoms with Crippen molar-refractivity contribution in [2.75, 3.05) is 0 Å². The van der Waals surface area contributed by atoms with Crippen molar-refractivity contribution in [3.63, 3.8) is 0 Å². The lowest BCUT2D eigenvalue weighted by atomic mass is 10.3. The molecule has 0 aromatic carbocycles. The third-order valence-electron chi connectivity index (χ3n) is 1.97. The maximum Gasteiger partial charge on any atom is 0.119 e. The van der Waals surface area contributed by atoms with E-state index in [9.17, 15) is 0 Å². The molecule has 0 amide bonds. The van der Waals surface area contributed by atoms with Crippen LogP contribution in [0, 0.1) is 0 Å². The molecule has 1 N–H and O–H groups in total. The maximum atomic E-state index is 8.90. The summed E-state index contributed by atoms with van der Waals surface area (Å²) >= 11 is 1.46. The molecule has 0 aliphatic rings. The lowest BCUT2D eigenvalue weighted by molar-refractivity contribution is 0.281. The second-order valence-electron chi connectivity index (χ2n) is 2.82. The van der Waals surface area contributed by atoms with Crippen molar-refractivity contribution in [3.8, 4) is 11.4 Å². The number of thiazole rings is 1. The summed E-state index contributed by atoms with van der Waals surface area (Å²) in [7, 11) is 0. The summed E-state index contributed by atoms with van der Waals surface area (Å²) in [5, 5.41) is 15.7. The Morgan fingerprint density at radius 1 is 1.57 bits per heavy atom. The Labute approximate surface area is 85.8 Å². The number of nitrogens with zero attached hydrogens (tertiary/aromatic N) is 3. The molecule has 0 aliphatic heterocycles. The molecule has 14 heavy (non-hydrogen) atoms. The number of aliphatic hydroxyl groups is 1. The third kappa shape index (κ3) is 1.56. The molecule has 0 aliphatic carbocycles. The largest absolute Gasteiger partial charge is 0.389 e. The highest BCUT2D eigenvalue weighted by Gasteiger charge is 2.07.